The van der Waals surface area contributed by atoms with Gasteiger partial charge in [-0.15, -0.1) is 0 Å². The van der Waals surface area contributed by atoms with Gasteiger partial charge in [0.15, 0.2) is 0 Å². The monoisotopic (exact) mass is 372 g/mol. The first kappa shape index (κ1) is 18.8. The van der Waals surface area contributed by atoms with Crippen molar-refractivity contribution in [1.82, 2.24) is 15.8 Å². The van der Waals surface area contributed by atoms with Crippen molar-refractivity contribution in [2.75, 3.05) is 25.5 Å². The molecule has 8 heteroatoms. The van der Waals surface area contributed by atoms with Gasteiger partial charge in [0.1, 0.15) is 5.82 Å². The lowest BCUT2D eigenvalue weighted by Gasteiger charge is -2.06. The minimum atomic E-state index is -0.417. The Balaban J connectivity index is 1.89. The highest BCUT2D eigenvalue weighted by atomic mass is 19.1. The van der Waals surface area contributed by atoms with Gasteiger partial charge in [-0.25, -0.2) is 9.87 Å². The van der Waals surface area contributed by atoms with Crippen LogP contribution in [0.1, 0.15) is 32.9 Å². The van der Waals surface area contributed by atoms with Gasteiger partial charge in [-0.3, -0.25) is 9.59 Å². The third-order valence-electron chi connectivity index (χ3n) is 4.39. The first-order valence-electron chi connectivity index (χ1n) is 8.51. The first-order valence-corrected chi connectivity index (χ1v) is 8.51. The number of carbonyl (C=O) groups is 2. The molecule has 1 aromatic carbocycles. The number of aryl methyl sites for hydroxylation is 1. The number of hydroxylamine groups is 1. The zero-order chi connectivity index (χ0) is 19.6. The van der Waals surface area contributed by atoms with E-state index in [-0.39, 0.29) is 11.8 Å². The maximum atomic E-state index is 13.6. The van der Waals surface area contributed by atoms with Crippen molar-refractivity contribution in [3.63, 3.8) is 0 Å². The Morgan fingerprint density at radius 3 is 2.85 bits per heavy atom. The van der Waals surface area contributed by atoms with Gasteiger partial charge in [-0.1, -0.05) is 0 Å². The summed E-state index contributed by atoms with van der Waals surface area (Å²) in [6.07, 6.45) is 1.64. The largest absolute Gasteiger partial charge is 0.358 e. The number of carbonyl (C=O) groups excluding carboxylic acids is 2. The topological polar surface area (TPSA) is 95.2 Å². The van der Waals surface area contributed by atoms with E-state index in [9.17, 15) is 14.0 Å². The van der Waals surface area contributed by atoms with E-state index >= 15 is 0 Å². The van der Waals surface area contributed by atoms with Gasteiger partial charge in [-0.2, -0.15) is 0 Å². The maximum Gasteiger partial charge on any atom is 0.256 e. The average Bonchev–Trinajstić information content (AvgIpc) is 3.08. The maximum absolute atomic E-state index is 13.6. The number of fused-ring (bicyclic) bond motifs is 1. The van der Waals surface area contributed by atoms with Crippen molar-refractivity contribution in [2.45, 2.75) is 13.8 Å². The van der Waals surface area contributed by atoms with Gasteiger partial charge in [0.05, 0.1) is 17.7 Å². The van der Waals surface area contributed by atoms with Gasteiger partial charge in [0.25, 0.3) is 11.8 Å². The second kappa shape index (κ2) is 7.73. The lowest BCUT2D eigenvalue weighted by Crippen LogP contribution is -2.29. The van der Waals surface area contributed by atoms with Crippen molar-refractivity contribution in [1.29, 1.82) is 0 Å². The molecule has 2 heterocycles. The summed E-state index contributed by atoms with van der Waals surface area (Å²) in [6.45, 7) is 4.28. The van der Waals surface area contributed by atoms with E-state index < -0.39 is 5.82 Å². The normalized spacial score (nSPS) is 14.4. The van der Waals surface area contributed by atoms with Crippen LogP contribution in [0.3, 0.4) is 0 Å². The van der Waals surface area contributed by atoms with Gasteiger partial charge in [0.2, 0.25) is 0 Å². The molecule has 0 saturated carbocycles. The molecule has 1 aliphatic heterocycles. The molecule has 0 radical (unpaired) electrons. The molecule has 1 aromatic heterocycles. The molecule has 0 bridgehead atoms. The molecule has 0 saturated heterocycles. The highest BCUT2D eigenvalue weighted by molar-refractivity contribution is 6.34. The number of halogens is 1. The van der Waals surface area contributed by atoms with Crippen molar-refractivity contribution >= 4 is 29.2 Å². The van der Waals surface area contributed by atoms with E-state index in [4.69, 9.17) is 4.84 Å². The zero-order valence-corrected chi connectivity index (χ0v) is 15.3. The fourth-order valence-corrected chi connectivity index (χ4v) is 3.11. The van der Waals surface area contributed by atoms with Gasteiger partial charge < -0.3 is 20.5 Å². The molecule has 0 fully saturated rings. The molecular weight excluding hydrogens is 351 g/mol. The molecule has 0 unspecified atom stereocenters. The molecule has 2 amide bonds. The minimum absolute atomic E-state index is 0.229. The van der Waals surface area contributed by atoms with Gasteiger partial charge >= 0.3 is 0 Å². The molecule has 7 nitrogen and oxygen atoms in total. The van der Waals surface area contributed by atoms with Crippen LogP contribution in [0.4, 0.5) is 10.1 Å². The van der Waals surface area contributed by atoms with Crippen LogP contribution in [0.5, 0.6) is 0 Å². The van der Waals surface area contributed by atoms with E-state index in [0.717, 1.165) is 0 Å². The van der Waals surface area contributed by atoms with E-state index in [2.05, 4.69) is 21.1 Å². The summed E-state index contributed by atoms with van der Waals surface area (Å²) in [4.78, 5) is 32.8. The Morgan fingerprint density at radius 1 is 1.33 bits per heavy atom. The Kier molecular flexibility index (Phi) is 5.38. The van der Waals surface area contributed by atoms with Crippen LogP contribution in [0.25, 0.3) is 11.6 Å². The van der Waals surface area contributed by atoms with E-state index in [1.807, 2.05) is 0 Å². The molecule has 2 aromatic rings. The number of aromatic amines is 1. The Hall–Kier alpha value is -2.97. The first-order chi connectivity index (χ1) is 12.9. The van der Waals surface area contributed by atoms with Crippen molar-refractivity contribution < 1.29 is 18.8 Å². The molecule has 4 N–H and O–H groups in total. The van der Waals surface area contributed by atoms with E-state index in [1.54, 1.807) is 27.0 Å². The molecule has 142 valence electrons. The van der Waals surface area contributed by atoms with Crippen molar-refractivity contribution in [3.05, 3.63) is 52.1 Å². The third-order valence-corrected chi connectivity index (χ3v) is 4.39. The van der Waals surface area contributed by atoms with Crippen LogP contribution in [0.15, 0.2) is 18.2 Å². The zero-order valence-electron chi connectivity index (χ0n) is 15.3. The Bertz CT molecular complexity index is 933. The number of H-pyrrole nitrogens is 1. The molecule has 0 aliphatic carbocycles. The number of anilines is 1. The quantitative estimate of drug-likeness (QED) is 0.355. The summed E-state index contributed by atoms with van der Waals surface area (Å²) in [6, 6.07) is 4.15. The molecule has 27 heavy (non-hydrogen) atoms. The number of rotatable bonds is 6. The third kappa shape index (κ3) is 3.76. The van der Waals surface area contributed by atoms with Crippen LogP contribution in [0, 0.1) is 19.7 Å². The predicted molar refractivity (Wildman–Crippen MR) is 101 cm³/mol. The average molecular weight is 372 g/mol. The second-order valence-corrected chi connectivity index (χ2v) is 6.17. The number of aromatic nitrogens is 1. The van der Waals surface area contributed by atoms with Crippen LogP contribution in [-0.2, 0) is 9.63 Å². The summed E-state index contributed by atoms with van der Waals surface area (Å²) < 4.78 is 13.6. The fourth-order valence-electron chi connectivity index (χ4n) is 3.11. The molecule has 1 aliphatic rings. The molecule has 0 atom stereocenters. The lowest BCUT2D eigenvalue weighted by atomic mass is 10.0. The van der Waals surface area contributed by atoms with Crippen LogP contribution < -0.4 is 16.1 Å². The van der Waals surface area contributed by atoms with Crippen LogP contribution >= 0.6 is 0 Å². The standard InChI is InChI=1S/C19H21FN4O3/c1-10-16(23-11(2)17(10)19(26)22-6-7-27-21-3)9-14-13-8-12(20)4-5-15(13)24-18(14)25/h4-5,8-9,21,23H,6-7H2,1-3H3,(H,22,26)(H,24,25)/b14-9-. The summed E-state index contributed by atoms with van der Waals surface area (Å²) in [5.74, 6) is -0.954. The number of benzene rings is 1. The minimum Gasteiger partial charge on any atom is -0.358 e. The van der Waals surface area contributed by atoms with Gasteiger partial charge in [0, 0.05) is 36.2 Å². The summed E-state index contributed by atoms with van der Waals surface area (Å²) in [7, 11) is 1.64. The SMILES string of the molecule is CNOCCNC(=O)c1c(C)[nH]c(/C=C2\C(=O)Nc3ccc(F)cc32)c1C. The Morgan fingerprint density at radius 2 is 2.11 bits per heavy atom. The smallest absolute Gasteiger partial charge is 0.256 e. The van der Waals surface area contributed by atoms with Crippen LogP contribution in [-0.4, -0.2) is 37.0 Å². The number of amides is 2. The van der Waals surface area contributed by atoms with Crippen molar-refractivity contribution in [2.24, 2.45) is 0 Å². The fraction of sp³-hybridized carbons (Fsp3) is 0.263. The lowest BCUT2D eigenvalue weighted by molar-refractivity contribution is -0.110. The highest BCUT2D eigenvalue weighted by Crippen LogP contribution is 2.34. The number of nitrogens with one attached hydrogen (secondary N) is 4. The van der Waals surface area contributed by atoms with E-state index in [1.165, 1.54) is 18.2 Å². The molecular formula is C19H21FN4O3. The second-order valence-electron chi connectivity index (χ2n) is 6.17. The van der Waals surface area contributed by atoms with Gasteiger partial charge in [-0.05, 0) is 43.7 Å². The predicted octanol–water partition coefficient (Wildman–Crippen LogP) is 2.14. The number of hydrogen-bond donors (Lipinski definition) is 4. The number of hydrogen-bond acceptors (Lipinski definition) is 4. The molecule has 3 rings (SSSR count). The summed E-state index contributed by atoms with van der Waals surface area (Å²) in [5, 5.41) is 5.49. The summed E-state index contributed by atoms with van der Waals surface area (Å²) in [5.41, 5.74) is 6.50. The summed E-state index contributed by atoms with van der Waals surface area (Å²) >= 11 is 0. The van der Waals surface area contributed by atoms with Crippen molar-refractivity contribution in [3.8, 4) is 0 Å². The van der Waals surface area contributed by atoms with Crippen LogP contribution in [0.2, 0.25) is 0 Å². The molecule has 0 spiro atoms. The van der Waals surface area contributed by atoms with E-state index in [0.29, 0.717) is 52.5 Å². The highest BCUT2D eigenvalue weighted by Gasteiger charge is 2.26. The Labute approximate surface area is 155 Å².